The molecule has 0 aromatic heterocycles. The number of aliphatic imine (C=N–C) groups is 1. The number of rotatable bonds is 8. The van der Waals surface area contributed by atoms with Gasteiger partial charge in [0.1, 0.15) is 5.75 Å². The zero-order valence-electron chi connectivity index (χ0n) is 14.7. The molecule has 1 aromatic carbocycles. The van der Waals surface area contributed by atoms with E-state index in [2.05, 4.69) is 50.2 Å². The fourth-order valence-electron chi connectivity index (χ4n) is 2.37. The van der Waals surface area contributed by atoms with Crippen LogP contribution in [0.15, 0.2) is 29.3 Å². The molecule has 1 atom stereocenters. The van der Waals surface area contributed by atoms with Gasteiger partial charge in [-0.3, -0.25) is 4.99 Å². The number of hydrogen-bond donors (Lipinski definition) is 1. The number of nitrogens with one attached hydrogen (secondary N) is 1. The SMILES string of the molecule is CCCCN(C)C(=NCC(C)c1ccccc1OC)NCC. The van der Waals surface area contributed by atoms with Gasteiger partial charge in [0.15, 0.2) is 5.96 Å². The maximum Gasteiger partial charge on any atom is 0.193 e. The van der Waals surface area contributed by atoms with E-state index < -0.39 is 0 Å². The van der Waals surface area contributed by atoms with Crippen LogP contribution < -0.4 is 10.1 Å². The predicted octanol–water partition coefficient (Wildman–Crippen LogP) is 3.50. The van der Waals surface area contributed by atoms with Gasteiger partial charge in [-0.15, -0.1) is 0 Å². The standard InChI is InChI=1S/C18H31N3O/c1-6-8-13-21(4)18(19-7-2)20-14-15(3)16-11-9-10-12-17(16)22-5/h9-12,15H,6-8,13-14H2,1-5H3,(H,19,20). The van der Waals surface area contributed by atoms with Crippen molar-refractivity contribution in [2.45, 2.75) is 39.5 Å². The van der Waals surface area contributed by atoms with Crippen LogP contribution in [0.25, 0.3) is 0 Å². The van der Waals surface area contributed by atoms with Gasteiger partial charge in [0.25, 0.3) is 0 Å². The Labute approximate surface area is 135 Å². The van der Waals surface area contributed by atoms with Crippen LogP contribution in [0.4, 0.5) is 0 Å². The molecule has 0 saturated heterocycles. The normalized spacial score (nSPS) is 12.9. The maximum atomic E-state index is 5.45. The van der Waals surface area contributed by atoms with E-state index in [1.165, 1.54) is 18.4 Å². The highest BCUT2D eigenvalue weighted by molar-refractivity contribution is 5.79. The quantitative estimate of drug-likeness (QED) is 0.590. The van der Waals surface area contributed by atoms with Crippen LogP contribution in [0, 0.1) is 0 Å². The lowest BCUT2D eigenvalue weighted by Crippen LogP contribution is -2.39. The number of para-hydroxylation sites is 1. The number of nitrogens with zero attached hydrogens (tertiary/aromatic N) is 2. The number of benzene rings is 1. The number of guanidine groups is 1. The first kappa shape index (κ1) is 18.3. The first-order chi connectivity index (χ1) is 10.6. The van der Waals surface area contributed by atoms with E-state index >= 15 is 0 Å². The molecule has 4 nitrogen and oxygen atoms in total. The molecule has 4 heteroatoms. The Morgan fingerprint density at radius 2 is 2.05 bits per heavy atom. The summed E-state index contributed by atoms with van der Waals surface area (Å²) in [4.78, 5) is 7.00. The third-order valence-corrected chi connectivity index (χ3v) is 3.73. The number of unbranched alkanes of at least 4 members (excludes halogenated alkanes) is 1. The Kier molecular flexibility index (Phi) is 8.41. The van der Waals surface area contributed by atoms with Crippen LogP contribution in [0.5, 0.6) is 5.75 Å². The van der Waals surface area contributed by atoms with E-state index in [1.807, 2.05) is 12.1 Å². The van der Waals surface area contributed by atoms with Crippen LogP contribution in [-0.4, -0.2) is 44.7 Å². The molecule has 0 aliphatic carbocycles. The third kappa shape index (κ3) is 5.58. The molecule has 1 rings (SSSR count). The van der Waals surface area contributed by atoms with Crippen LogP contribution in [0.3, 0.4) is 0 Å². The van der Waals surface area contributed by atoms with Crippen molar-refractivity contribution in [3.8, 4) is 5.75 Å². The van der Waals surface area contributed by atoms with Crippen molar-refractivity contribution in [1.82, 2.24) is 10.2 Å². The molecule has 0 heterocycles. The first-order valence-electron chi connectivity index (χ1n) is 8.26. The summed E-state index contributed by atoms with van der Waals surface area (Å²) in [7, 11) is 3.82. The minimum atomic E-state index is 0.324. The summed E-state index contributed by atoms with van der Waals surface area (Å²) in [5.74, 6) is 2.25. The number of methoxy groups -OCH3 is 1. The molecule has 0 aliphatic rings. The summed E-state index contributed by atoms with van der Waals surface area (Å²) in [5.41, 5.74) is 1.21. The van der Waals surface area contributed by atoms with Crippen LogP contribution >= 0.6 is 0 Å². The third-order valence-electron chi connectivity index (χ3n) is 3.73. The molecule has 22 heavy (non-hydrogen) atoms. The van der Waals surface area contributed by atoms with E-state index in [1.54, 1.807) is 7.11 Å². The Hall–Kier alpha value is -1.71. The van der Waals surface area contributed by atoms with Crippen molar-refractivity contribution in [3.63, 3.8) is 0 Å². The van der Waals surface area contributed by atoms with E-state index in [0.29, 0.717) is 5.92 Å². The Bertz CT molecular complexity index is 459. The molecule has 0 bridgehead atoms. The largest absolute Gasteiger partial charge is 0.496 e. The molecule has 1 aromatic rings. The van der Waals surface area contributed by atoms with Crippen LogP contribution in [-0.2, 0) is 0 Å². The summed E-state index contributed by atoms with van der Waals surface area (Å²) >= 11 is 0. The van der Waals surface area contributed by atoms with E-state index in [0.717, 1.165) is 31.3 Å². The van der Waals surface area contributed by atoms with Gasteiger partial charge in [0.2, 0.25) is 0 Å². The van der Waals surface area contributed by atoms with Gasteiger partial charge in [-0.2, -0.15) is 0 Å². The molecular weight excluding hydrogens is 274 g/mol. The first-order valence-corrected chi connectivity index (χ1v) is 8.26. The van der Waals surface area contributed by atoms with Crippen molar-refractivity contribution in [1.29, 1.82) is 0 Å². The van der Waals surface area contributed by atoms with Crippen molar-refractivity contribution >= 4 is 5.96 Å². The van der Waals surface area contributed by atoms with Crippen molar-refractivity contribution in [2.24, 2.45) is 4.99 Å². The second kappa shape index (κ2) is 10.1. The Morgan fingerprint density at radius 3 is 2.68 bits per heavy atom. The van der Waals surface area contributed by atoms with Gasteiger partial charge in [0.05, 0.1) is 7.11 Å². The van der Waals surface area contributed by atoms with Gasteiger partial charge in [-0.25, -0.2) is 0 Å². The van der Waals surface area contributed by atoms with Gasteiger partial charge in [0, 0.05) is 32.6 Å². The minimum Gasteiger partial charge on any atom is -0.496 e. The van der Waals surface area contributed by atoms with Gasteiger partial charge in [-0.1, -0.05) is 38.5 Å². The number of hydrogen-bond acceptors (Lipinski definition) is 2. The zero-order valence-corrected chi connectivity index (χ0v) is 14.7. The summed E-state index contributed by atoms with van der Waals surface area (Å²) in [6, 6.07) is 8.18. The monoisotopic (exact) mass is 305 g/mol. The fraction of sp³-hybridized carbons (Fsp3) is 0.611. The van der Waals surface area contributed by atoms with E-state index in [4.69, 9.17) is 9.73 Å². The highest BCUT2D eigenvalue weighted by atomic mass is 16.5. The summed E-state index contributed by atoms with van der Waals surface area (Å²) in [6.45, 7) is 9.17. The van der Waals surface area contributed by atoms with Crippen molar-refractivity contribution in [3.05, 3.63) is 29.8 Å². The lowest BCUT2D eigenvalue weighted by Gasteiger charge is -2.22. The molecule has 1 unspecified atom stereocenters. The molecule has 0 amide bonds. The average Bonchev–Trinajstić information content (AvgIpc) is 2.55. The topological polar surface area (TPSA) is 36.9 Å². The highest BCUT2D eigenvalue weighted by Crippen LogP contribution is 2.26. The Balaban J connectivity index is 2.76. The molecule has 124 valence electrons. The van der Waals surface area contributed by atoms with E-state index in [-0.39, 0.29) is 0 Å². The van der Waals surface area contributed by atoms with Gasteiger partial charge >= 0.3 is 0 Å². The summed E-state index contributed by atoms with van der Waals surface area (Å²) < 4.78 is 5.45. The van der Waals surface area contributed by atoms with Gasteiger partial charge < -0.3 is 15.0 Å². The second-order valence-electron chi connectivity index (χ2n) is 5.61. The fourth-order valence-corrected chi connectivity index (χ4v) is 2.37. The predicted molar refractivity (Wildman–Crippen MR) is 94.9 cm³/mol. The maximum absolute atomic E-state index is 5.45. The van der Waals surface area contributed by atoms with Crippen LogP contribution in [0.1, 0.15) is 45.1 Å². The molecule has 0 saturated carbocycles. The second-order valence-corrected chi connectivity index (χ2v) is 5.61. The summed E-state index contributed by atoms with van der Waals surface area (Å²) in [5, 5.41) is 3.37. The molecule has 0 fully saturated rings. The molecule has 0 spiro atoms. The van der Waals surface area contributed by atoms with Crippen molar-refractivity contribution in [2.75, 3.05) is 33.8 Å². The lowest BCUT2D eigenvalue weighted by atomic mass is 10.0. The molecule has 0 radical (unpaired) electrons. The molecule has 1 N–H and O–H groups in total. The van der Waals surface area contributed by atoms with Crippen molar-refractivity contribution < 1.29 is 4.74 Å². The summed E-state index contributed by atoms with van der Waals surface area (Å²) in [6.07, 6.45) is 2.38. The molecule has 0 aliphatic heterocycles. The Morgan fingerprint density at radius 1 is 1.32 bits per heavy atom. The highest BCUT2D eigenvalue weighted by Gasteiger charge is 2.11. The smallest absolute Gasteiger partial charge is 0.193 e. The zero-order chi connectivity index (χ0) is 16.4. The minimum absolute atomic E-state index is 0.324. The van der Waals surface area contributed by atoms with E-state index in [9.17, 15) is 0 Å². The lowest BCUT2D eigenvalue weighted by molar-refractivity contribution is 0.406. The number of ether oxygens (including phenoxy) is 1. The van der Waals surface area contributed by atoms with Gasteiger partial charge in [-0.05, 0) is 25.0 Å². The molecular formula is C18H31N3O. The average molecular weight is 305 g/mol. The van der Waals surface area contributed by atoms with Crippen LogP contribution in [0.2, 0.25) is 0 Å².